The Morgan fingerprint density at radius 3 is 2.50 bits per heavy atom. The largest absolute Gasteiger partial charge is 0.390 e. The first-order valence-electron chi connectivity index (χ1n) is 14.1. The summed E-state index contributed by atoms with van der Waals surface area (Å²) < 4.78 is 1.68. The molecular formula is C29H36N8O3. The van der Waals surface area contributed by atoms with Crippen molar-refractivity contribution in [2.45, 2.75) is 57.3 Å². The topological polar surface area (TPSA) is 120 Å². The van der Waals surface area contributed by atoms with Crippen molar-refractivity contribution >= 4 is 17.6 Å². The molecule has 0 aliphatic carbocycles. The zero-order chi connectivity index (χ0) is 27.6. The number of hydrogen-bond acceptors (Lipinski definition) is 8. The minimum absolute atomic E-state index is 0.0161. The SMILES string of the molecule is CC(=O)N1CCC(Nc2cc(C(=O)N3CC[C@@H](N4CCc5ccccc5C4)[C@H](O)C3)nc(-n3ccnc3)n2)CC1. The van der Waals surface area contributed by atoms with Gasteiger partial charge in [0.15, 0.2) is 0 Å². The number of piperidine rings is 2. The predicted molar refractivity (Wildman–Crippen MR) is 149 cm³/mol. The van der Waals surface area contributed by atoms with Gasteiger partial charge >= 0.3 is 0 Å². The van der Waals surface area contributed by atoms with Gasteiger partial charge in [0.1, 0.15) is 17.8 Å². The van der Waals surface area contributed by atoms with Crippen molar-refractivity contribution in [2.24, 2.45) is 0 Å². The molecule has 0 unspecified atom stereocenters. The summed E-state index contributed by atoms with van der Waals surface area (Å²) in [7, 11) is 0. The highest BCUT2D eigenvalue weighted by Crippen LogP contribution is 2.26. The first-order chi connectivity index (χ1) is 19.4. The molecule has 2 aromatic heterocycles. The van der Waals surface area contributed by atoms with Crippen molar-refractivity contribution in [3.63, 3.8) is 0 Å². The molecule has 2 atom stereocenters. The number of fused-ring (bicyclic) bond motifs is 1. The third-order valence-electron chi connectivity index (χ3n) is 8.42. The molecule has 0 spiro atoms. The summed E-state index contributed by atoms with van der Waals surface area (Å²) in [6.07, 6.45) is 7.62. The number of β-amino-alcohol motifs (C(OH)–C–C–N with tert-alkyl or cyclic N) is 1. The second kappa shape index (κ2) is 11.3. The summed E-state index contributed by atoms with van der Waals surface area (Å²) in [5.41, 5.74) is 2.98. The van der Waals surface area contributed by atoms with Gasteiger partial charge in [-0.25, -0.2) is 9.97 Å². The zero-order valence-electron chi connectivity index (χ0n) is 22.8. The molecule has 11 nitrogen and oxygen atoms in total. The summed E-state index contributed by atoms with van der Waals surface area (Å²) in [6.45, 7) is 5.52. The van der Waals surface area contributed by atoms with E-state index in [-0.39, 0.29) is 36.1 Å². The van der Waals surface area contributed by atoms with Crippen molar-refractivity contribution in [1.82, 2.24) is 34.2 Å². The number of anilines is 1. The number of aliphatic hydroxyl groups is 1. The van der Waals surface area contributed by atoms with E-state index in [1.807, 2.05) is 4.90 Å². The van der Waals surface area contributed by atoms with Crippen molar-refractivity contribution < 1.29 is 14.7 Å². The Kier molecular flexibility index (Phi) is 7.48. The average Bonchev–Trinajstić information content (AvgIpc) is 3.52. The summed E-state index contributed by atoms with van der Waals surface area (Å²) in [5, 5.41) is 14.6. The number of imidazole rings is 1. The molecule has 1 aromatic carbocycles. The number of likely N-dealkylation sites (tertiary alicyclic amines) is 2. The van der Waals surface area contributed by atoms with Crippen molar-refractivity contribution in [1.29, 1.82) is 0 Å². The number of carbonyl (C=O) groups is 2. The Morgan fingerprint density at radius 2 is 1.77 bits per heavy atom. The van der Waals surface area contributed by atoms with E-state index < -0.39 is 6.10 Å². The van der Waals surface area contributed by atoms with Gasteiger partial charge in [-0.15, -0.1) is 0 Å². The van der Waals surface area contributed by atoms with Gasteiger partial charge in [-0.1, -0.05) is 24.3 Å². The van der Waals surface area contributed by atoms with Crippen LogP contribution < -0.4 is 5.32 Å². The van der Waals surface area contributed by atoms with E-state index >= 15 is 0 Å². The Hall–Kier alpha value is -3.83. The van der Waals surface area contributed by atoms with E-state index in [1.165, 1.54) is 11.1 Å². The van der Waals surface area contributed by atoms with Gasteiger partial charge in [0.2, 0.25) is 11.9 Å². The van der Waals surface area contributed by atoms with E-state index in [0.29, 0.717) is 37.8 Å². The predicted octanol–water partition coefficient (Wildman–Crippen LogP) is 1.72. The van der Waals surface area contributed by atoms with E-state index in [0.717, 1.165) is 32.4 Å². The molecule has 2 amide bonds. The maximum absolute atomic E-state index is 13.7. The quantitative estimate of drug-likeness (QED) is 0.498. The number of rotatable bonds is 5. The van der Waals surface area contributed by atoms with Crippen LogP contribution in [0.4, 0.5) is 5.82 Å². The second-order valence-electron chi connectivity index (χ2n) is 11.0. The number of nitrogens with zero attached hydrogens (tertiary/aromatic N) is 7. The highest BCUT2D eigenvalue weighted by atomic mass is 16.3. The van der Waals surface area contributed by atoms with Crippen LogP contribution in [0.25, 0.3) is 5.95 Å². The molecule has 3 aliphatic heterocycles. The average molecular weight is 545 g/mol. The fourth-order valence-electron chi connectivity index (χ4n) is 6.15. The monoisotopic (exact) mass is 544 g/mol. The Morgan fingerprint density at radius 1 is 1.00 bits per heavy atom. The molecule has 2 fully saturated rings. The molecule has 2 saturated heterocycles. The summed E-state index contributed by atoms with van der Waals surface area (Å²) in [5.74, 6) is 0.784. The van der Waals surface area contributed by atoms with E-state index in [1.54, 1.807) is 41.2 Å². The first-order valence-corrected chi connectivity index (χ1v) is 14.1. The van der Waals surface area contributed by atoms with Crippen LogP contribution >= 0.6 is 0 Å². The standard InChI is InChI=1S/C29H36N8O3/c1-20(38)34-12-7-23(8-13-34)31-27-16-24(32-29(33-27)37-15-10-30-19-37)28(40)36-14-9-25(26(39)18-36)35-11-6-21-4-2-3-5-22(21)17-35/h2-5,10,15-16,19,23,25-26,39H,6-9,11-14,17-18H2,1H3,(H,31,32,33)/t25-,26-/m1/s1. The van der Waals surface area contributed by atoms with Gasteiger partial charge in [0, 0.05) is 76.7 Å². The maximum Gasteiger partial charge on any atom is 0.272 e. The third-order valence-corrected chi connectivity index (χ3v) is 8.42. The Labute approximate surface area is 233 Å². The number of aliphatic hydroxyl groups excluding tert-OH is 1. The summed E-state index contributed by atoms with van der Waals surface area (Å²) in [4.78, 5) is 44.6. The highest BCUT2D eigenvalue weighted by molar-refractivity contribution is 5.93. The molecule has 0 radical (unpaired) electrons. The molecule has 5 heterocycles. The summed E-state index contributed by atoms with van der Waals surface area (Å²) in [6, 6.07) is 10.3. The Balaban J connectivity index is 1.15. The van der Waals surface area contributed by atoms with E-state index in [4.69, 9.17) is 0 Å². The molecule has 2 N–H and O–H groups in total. The normalized spacial score (nSPS) is 22.1. The molecule has 0 bridgehead atoms. The number of hydrogen-bond donors (Lipinski definition) is 2. The molecule has 11 heteroatoms. The van der Waals surface area contributed by atoms with Crippen LogP contribution in [0.2, 0.25) is 0 Å². The van der Waals surface area contributed by atoms with Crippen molar-refractivity contribution in [3.8, 4) is 5.95 Å². The van der Waals surface area contributed by atoms with Crippen LogP contribution in [0.1, 0.15) is 47.8 Å². The lowest BCUT2D eigenvalue weighted by atomic mass is 9.94. The third kappa shape index (κ3) is 5.57. The second-order valence-corrected chi connectivity index (χ2v) is 11.0. The fraction of sp³-hybridized carbons (Fsp3) is 0.483. The highest BCUT2D eigenvalue weighted by Gasteiger charge is 2.36. The fourth-order valence-corrected chi connectivity index (χ4v) is 6.15. The molecule has 6 rings (SSSR count). The van der Waals surface area contributed by atoms with Gasteiger partial charge in [-0.2, -0.15) is 4.98 Å². The number of carbonyl (C=O) groups excluding carboxylic acids is 2. The van der Waals surface area contributed by atoms with Crippen LogP contribution in [-0.4, -0.2) is 102 Å². The van der Waals surface area contributed by atoms with Crippen molar-refractivity contribution in [2.75, 3.05) is 38.0 Å². The van der Waals surface area contributed by atoms with Crippen LogP contribution in [0, 0.1) is 0 Å². The molecule has 3 aliphatic rings. The van der Waals surface area contributed by atoms with Gasteiger partial charge in [-0.3, -0.25) is 19.1 Å². The van der Waals surface area contributed by atoms with Gasteiger partial charge < -0.3 is 20.2 Å². The maximum atomic E-state index is 13.7. The zero-order valence-corrected chi connectivity index (χ0v) is 22.8. The smallest absolute Gasteiger partial charge is 0.272 e. The molecule has 3 aromatic rings. The van der Waals surface area contributed by atoms with Gasteiger partial charge in [0.25, 0.3) is 5.91 Å². The lowest BCUT2D eigenvalue weighted by Crippen LogP contribution is -2.56. The lowest BCUT2D eigenvalue weighted by Gasteiger charge is -2.43. The van der Waals surface area contributed by atoms with Crippen LogP contribution in [0.5, 0.6) is 0 Å². The Bertz CT molecular complexity index is 1360. The van der Waals surface area contributed by atoms with E-state index in [2.05, 4.69) is 49.4 Å². The van der Waals surface area contributed by atoms with Crippen LogP contribution in [0.3, 0.4) is 0 Å². The molecular weight excluding hydrogens is 508 g/mol. The van der Waals surface area contributed by atoms with Gasteiger partial charge in [0.05, 0.1) is 6.10 Å². The number of aromatic nitrogens is 4. The first kappa shape index (κ1) is 26.4. The minimum atomic E-state index is -0.637. The van der Waals surface area contributed by atoms with Crippen LogP contribution in [-0.2, 0) is 17.8 Å². The number of benzene rings is 1. The van der Waals surface area contributed by atoms with Gasteiger partial charge in [-0.05, 0) is 36.8 Å². The summed E-state index contributed by atoms with van der Waals surface area (Å²) >= 11 is 0. The van der Waals surface area contributed by atoms with E-state index in [9.17, 15) is 14.7 Å². The number of nitrogens with one attached hydrogen (secondary N) is 1. The van der Waals surface area contributed by atoms with Crippen LogP contribution in [0.15, 0.2) is 49.1 Å². The number of amides is 2. The van der Waals surface area contributed by atoms with Crippen molar-refractivity contribution in [3.05, 3.63) is 65.9 Å². The molecule has 210 valence electrons. The molecule has 40 heavy (non-hydrogen) atoms. The lowest BCUT2D eigenvalue weighted by molar-refractivity contribution is -0.129. The minimum Gasteiger partial charge on any atom is -0.390 e. The molecule has 0 saturated carbocycles.